The number of thioether (sulfide) groups is 1. The number of aromatic nitrogens is 5. The van der Waals surface area contributed by atoms with Crippen molar-refractivity contribution in [1.29, 1.82) is 0 Å². The van der Waals surface area contributed by atoms with Crippen molar-refractivity contribution < 1.29 is 9.15 Å². The minimum atomic E-state index is -0.216. The maximum atomic E-state index is 5.85. The highest BCUT2D eigenvalue weighted by Gasteiger charge is 2.32. The maximum absolute atomic E-state index is 5.85. The Labute approximate surface area is 118 Å². The van der Waals surface area contributed by atoms with Crippen molar-refractivity contribution in [2.75, 3.05) is 6.26 Å². The van der Waals surface area contributed by atoms with E-state index in [0.29, 0.717) is 23.1 Å². The Morgan fingerprint density at radius 3 is 3.00 bits per heavy atom. The lowest BCUT2D eigenvalue weighted by molar-refractivity contribution is -0.0476. The van der Waals surface area contributed by atoms with E-state index in [4.69, 9.17) is 9.15 Å². The molecule has 0 atom stereocenters. The molecule has 0 bridgehead atoms. The summed E-state index contributed by atoms with van der Waals surface area (Å²) in [5.74, 6) is 0.829. The SMILES string of the molecule is CSc1nc2oc3c(c2c2nnnn12)CC(C)(C)OC3. The highest BCUT2D eigenvalue weighted by molar-refractivity contribution is 7.98. The van der Waals surface area contributed by atoms with E-state index in [1.165, 1.54) is 11.8 Å². The van der Waals surface area contributed by atoms with Gasteiger partial charge in [-0.25, -0.2) is 0 Å². The summed E-state index contributed by atoms with van der Waals surface area (Å²) in [6.45, 7) is 4.59. The summed E-state index contributed by atoms with van der Waals surface area (Å²) < 4.78 is 13.3. The van der Waals surface area contributed by atoms with Crippen molar-refractivity contribution in [2.45, 2.75) is 37.6 Å². The molecular weight excluding hydrogens is 278 g/mol. The molecular formula is C12H13N5O2S. The third kappa shape index (κ3) is 1.58. The van der Waals surface area contributed by atoms with E-state index in [2.05, 4.69) is 34.4 Å². The van der Waals surface area contributed by atoms with E-state index in [1.54, 1.807) is 4.52 Å². The van der Waals surface area contributed by atoms with Crippen LogP contribution in [0.25, 0.3) is 16.7 Å². The molecule has 3 aromatic rings. The van der Waals surface area contributed by atoms with E-state index < -0.39 is 0 Å². The lowest BCUT2D eigenvalue weighted by Gasteiger charge is -2.29. The van der Waals surface area contributed by atoms with E-state index in [1.807, 2.05) is 6.26 Å². The Kier molecular flexibility index (Phi) is 2.37. The Morgan fingerprint density at radius 1 is 1.35 bits per heavy atom. The molecule has 4 heterocycles. The smallest absolute Gasteiger partial charge is 0.233 e. The Bertz CT molecular complexity index is 822. The molecule has 7 nitrogen and oxygen atoms in total. The second kappa shape index (κ2) is 3.92. The number of hydrogen-bond acceptors (Lipinski definition) is 7. The summed E-state index contributed by atoms with van der Waals surface area (Å²) in [6, 6.07) is 0. The lowest BCUT2D eigenvalue weighted by atomic mass is 9.94. The first-order chi connectivity index (χ1) is 9.59. The van der Waals surface area contributed by atoms with Gasteiger partial charge in [-0.15, -0.1) is 5.10 Å². The van der Waals surface area contributed by atoms with Gasteiger partial charge in [-0.1, -0.05) is 11.8 Å². The van der Waals surface area contributed by atoms with Crippen molar-refractivity contribution in [3.8, 4) is 0 Å². The van der Waals surface area contributed by atoms with Gasteiger partial charge in [0, 0.05) is 12.0 Å². The number of furan rings is 1. The molecule has 0 N–H and O–H groups in total. The minimum absolute atomic E-state index is 0.216. The van der Waals surface area contributed by atoms with Gasteiger partial charge in [0.25, 0.3) is 0 Å². The van der Waals surface area contributed by atoms with Gasteiger partial charge in [0.2, 0.25) is 5.71 Å². The van der Waals surface area contributed by atoms with Crippen LogP contribution in [0.3, 0.4) is 0 Å². The number of hydrogen-bond donors (Lipinski definition) is 0. The number of rotatable bonds is 1. The van der Waals surface area contributed by atoms with Gasteiger partial charge in [-0.05, 0) is 30.5 Å². The van der Waals surface area contributed by atoms with Crippen LogP contribution in [0.2, 0.25) is 0 Å². The monoisotopic (exact) mass is 291 g/mol. The quantitative estimate of drug-likeness (QED) is 0.500. The Morgan fingerprint density at radius 2 is 2.20 bits per heavy atom. The third-order valence-electron chi connectivity index (χ3n) is 3.52. The summed E-state index contributed by atoms with van der Waals surface area (Å²) in [7, 11) is 0. The fourth-order valence-corrected chi connectivity index (χ4v) is 3.06. The van der Waals surface area contributed by atoms with Crippen molar-refractivity contribution in [3.05, 3.63) is 11.3 Å². The molecule has 20 heavy (non-hydrogen) atoms. The summed E-state index contributed by atoms with van der Waals surface area (Å²) in [5.41, 5.74) is 2.17. The van der Waals surface area contributed by atoms with Crippen LogP contribution in [0.5, 0.6) is 0 Å². The maximum Gasteiger partial charge on any atom is 0.233 e. The van der Waals surface area contributed by atoms with Crippen LogP contribution >= 0.6 is 11.8 Å². The Hall–Kier alpha value is -1.67. The van der Waals surface area contributed by atoms with E-state index in [-0.39, 0.29) is 5.60 Å². The standard InChI is InChI=1S/C12H13N5O2S/c1-12(2)4-6-7(5-18-12)19-10-8(6)9-14-15-16-17(9)11(13-10)20-3/h4-5H2,1-3H3. The van der Waals surface area contributed by atoms with Gasteiger partial charge >= 0.3 is 0 Å². The summed E-state index contributed by atoms with van der Waals surface area (Å²) in [4.78, 5) is 4.51. The Balaban J connectivity index is 2.09. The summed E-state index contributed by atoms with van der Waals surface area (Å²) in [5, 5.41) is 13.5. The number of ether oxygens (including phenoxy) is 1. The number of nitrogens with zero attached hydrogens (tertiary/aromatic N) is 5. The number of fused-ring (bicyclic) bond motifs is 5. The highest BCUT2D eigenvalue weighted by atomic mass is 32.2. The van der Waals surface area contributed by atoms with Crippen LogP contribution in [0, 0.1) is 0 Å². The van der Waals surface area contributed by atoms with Gasteiger partial charge in [-0.3, -0.25) is 0 Å². The molecule has 0 unspecified atom stereocenters. The molecule has 0 aromatic carbocycles. The largest absolute Gasteiger partial charge is 0.440 e. The molecule has 0 amide bonds. The predicted octanol–water partition coefficient (Wildman–Crippen LogP) is 1.84. The van der Waals surface area contributed by atoms with Gasteiger partial charge in [0.15, 0.2) is 10.8 Å². The summed E-state index contributed by atoms with van der Waals surface area (Å²) >= 11 is 1.48. The van der Waals surface area contributed by atoms with Crippen LogP contribution in [0.15, 0.2) is 9.57 Å². The molecule has 0 aliphatic carbocycles. The van der Waals surface area contributed by atoms with Crippen LogP contribution in [0.1, 0.15) is 25.2 Å². The molecule has 8 heteroatoms. The van der Waals surface area contributed by atoms with Crippen LogP contribution < -0.4 is 0 Å². The van der Waals surface area contributed by atoms with Gasteiger partial charge in [0.1, 0.15) is 12.4 Å². The van der Waals surface area contributed by atoms with Crippen LogP contribution in [-0.4, -0.2) is 36.9 Å². The molecule has 0 saturated carbocycles. The molecule has 0 saturated heterocycles. The normalized spacial score (nSPS) is 17.8. The van der Waals surface area contributed by atoms with Crippen molar-refractivity contribution in [2.24, 2.45) is 0 Å². The first-order valence-corrected chi connectivity index (χ1v) is 7.52. The average Bonchev–Trinajstić information content (AvgIpc) is 2.99. The number of tetrazole rings is 1. The fourth-order valence-electron chi connectivity index (χ4n) is 2.59. The lowest BCUT2D eigenvalue weighted by Crippen LogP contribution is -2.31. The first-order valence-electron chi connectivity index (χ1n) is 6.29. The second-order valence-electron chi connectivity index (χ2n) is 5.42. The highest BCUT2D eigenvalue weighted by Crippen LogP contribution is 2.36. The molecule has 1 aliphatic rings. The molecule has 4 rings (SSSR count). The third-order valence-corrected chi connectivity index (χ3v) is 4.15. The fraction of sp³-hybridized carbons (Fsp3) is 0.500. The van der Waals surface area contributed by atoms with Crippen LogP contribution in [-0.2, 0) is 17.8 Å². The molecule has 104 valence electrons. The van der Waals surface area contributed by atoms with Crippen LogP contribution in [0.4, 0.5) is 0 Å². The second-order valence-corrected chi connectivity index (χ2v) is 6.20. The first kappa shape index (κ1) is 12.1. The zero-order valence-electron chi connectivity index (χ0n) is 11.4. The zero-order valence-corrected chi connectivity index (χ0v) is 12.2. The topological polar surface area (TPSA) is 78.3 Å². The average molecular weight is 291 g/mol. The van der Waals surface area contributed by atoms with Gasteiger partial charge in [-0.2, -0.15) is 9.50 Å². The molecule has 3 aromatic heterocycles. The zero-order chi connectivity index (χ0) is 13.9. The molecule has 1 aliphatic heterocycles. The van der Waals surface area contributed by atoms with Crippen molar-refractivity contribution >= 4 is 28.5 Å². The van der Waals surface area contributed by atoms with Gasteiger partial charge in [0.05, 0.1) is 11.0 Å². The van der Waals surface area contributed by atoms with Gasteiger partial charge < -0.3 is 9.15 Å². The van der Waals surface area contributed by atoms with E-state index >= 15 is 0 Å². The van der Waals surface area contributed by atoms with Crippen molar-refractivity contribution in [1.82, 2.24) is 25.0 Å². The minimum Gasteiger partial charge on any atom is -0.440 e. The predicted molar refractivity (Wildman–Crippen MR) is 72.7 cm³/mol. The molecule has 0 radical (unpaired) electrons. The van der Waals surface area contributed by atoms with E-state index in [0.717, 1.165) is 23.1 Å². The molecule has 0 spiro atoms. The van der Waals surface area contributed by atoms with E-state index in [9.17, 15) is 0 Å². The summed E-state index contributed by atoms with van der Waals surface area (Å²) in [6.07, 6.45) is 2.70. The molecule has 0 fully saturated rings. The van der Waals surface area contributed by atoms with Crippen molar-refractivity contribution in [3.63, 3.8) is 0 Å².